The number of halogens is 1. The molecule has 2 N–H and O–H groups in total. The molecule has 0 fully saturated rings. The van der Waals surface area contributed by atoms with E-state index in [2.05, 4.69) is 5.32 Å². The van der Waals surface area contributed by atoms with Gasteiger partial charge in [0.25, 0.3) is 5.91 Å². The van der Waals surface area contributed by atoms with Gasteiger partial charge in [-0.25, -0.2) is 0 Å². The first kappa shape index (κ1) is 16.8. The fourth-order valence-corrected chi connectivity index (χ4v) is 1.76. The van der Waals surface area contributed by atoms with Gasteiger partial charge in [0, 0.05) is 18.2 Å². The molecule has 1 aromatic carbocycles. The molecule has 0 aliphatic carbocycles. The van der Waals surface area contributed by atoms with Crippen molar-refractivity contribution < 1.29 is 14.6 Å². The van der Waals surface area contributed by atoms with E-state index in [-0.39, 0.29) is 17.9 Å². The number of rotatable bonds is 7. The van der Waals surface area contributed by atoms with E-state index in [1.54, 1.807) is 31.2 Å². The fourth-order valence-electron chi connectivity index (χ4n) is 1.63. The quantitative estimate of drug-likeness (QED) is 0.814. The van der Waals surface area contributed by atoms with Crippen molar-refractivity contribution in [1.82, 2.24) is 5.32 Å². The highest BCUT2D eigenvalue weighted by atomic mass is 35.5. The summed E-state index contributed by atoms with van der Waals surface area (Å²) < 4.78 is 5.54. The van der Waals surface area contributed by atoms with Crippen LogP contribution in [0, 0.1) is 5.41 Å². The van der Waals surface area contributed by atoms with E-state index in [9.17, 15) is 4.79 Å². The van der Waals surface area contributed by atoms with Crippen LogP contribution in [0.15, 0.2) is 24.3 Å². The second kappa shape index (κ2) is 7.50. The highest BCUT2D eigenvalue weighted by Crippen LogP contribution is 2.19. The van der Waals surface area contributed by atoms with Gasteiger partial charge in [0.05, 0.1) is 0 Å². The Morgan fingerprint density at radius 3 is 2.55 bits per heavy atom. The maximum absolute atomic E-state index is 11.9. The van der Waals surface area contributed by atoms with Crippen LogP contribution < -0.4 is 10.1 Å². The smallest absolute Gasteiger partial charge is 0.260 e. The topological polar surface area (TPSA) is 58.6 Å². The normalized spacial score (nSPS) is 12.8. The lowest BCUT2D eigenvalue weighted by molar-refractivity contribution is -0.127. The number of carbonyl (C=O) groups excluding carboxylic acids is 1. The van der Waals surface area contributed by atoms with Crippen LogP contribution in [0.1, 0.15) is 27.2 Å². The number of benzene rings is 1. The minimum Gasteiger partial charge on any atom is -0.481 e. The van der Waals surface area contributed by atoms with Crippen molar-refractivity contribution >= 4 is 17.5 Å². The predicted octanol–water partition coefficient (Wildman–Crippen LogP) is 2.63. The van der Waals surface area contributed by atoms with Crippen molar-refractivity contribution in [1.29, 1.82) is 0 Å². The van der Waals surface area contributed by atoms with E-state index in [1.807, 2.05) is 13.8 Å². The van der Waals surface area contributed by atoms with Gasteiger partial charge in [0.1, 0.15) is 5.75 Å². The average Bonchev–Trinajstić information content (AvgIpc) is 2.38. The van der Waals surface area contributed by atoms with Crippen molar-refractivity contribution in [3.05, 3.63) is 29.3 Å². The summed E-state index contributed by atoms with van der Waals surface area (Å²) in [6, 6.07) is 6.88. The third-order valence-electron chi connectivity index (χ3n) is 3.03. The second-order valence-electron chi connectivity index (χ2n) is 5.57. The summed E-state index contributed by atoms with van der Waals surface area (Å²) in [5.41, 5.74) is -0.135. The van der Waals surface area contributed by atoms with Crippen LogP contribution in [0.2, 0.25) is 5.02 Å². The zero-order valence-electron chi connectivity index (χ0n) is 12.1. The number of hydrogen-bond donors (Lipinski definition) is 2. The molecular formula is C15H22ClNO3. The van der Waals surface area contributed by atoms with E-state index < -0.39 is 6.10 Å². The first-order chi connectivity index (χ1) is 9.34. The molecule has 0 saturated carbocycles. The van der Waals surface area contributed by atoms with Crippen LogP contribution in [-0.2, 0) is 4.79 Å². The molecule has 1 atom stereocenters. The number of hydrogen-bond acceptors (Lipinski definition) is 3. The zero-order valence-corrected chi connectivity index (χ0v) is 12.9. The van der Waals surface area contributed by atoms with Gasteiger partial charge >= 0.3 is 0 Å². The molecule has 1 amide bonds. The Labute approximate surface area is 125 Å². The van der Waals surface area contributed by atoms with Crippen molar-refractivity contribution in [2.24, 2.45) is 5.41 Å². The number of nitrogens with one attached hydrogen (secondary N) is 1. The molecular weight excluding hydrogens is 278 g/mol. The summed E-state index contributed by atoms with van der Waals surface area (Å²) in [7, 11) is 0. The predicted molar refractivity (Wildman–Crippen MR) is 80.0 cm³/mol. The summed E-state index contributed by atoms with van der Waals surface area (Å²) in [6.07, 6.45) is 0.0563. The molecule has 4 nitrogen and oxygen atoms in total. The van der Waals surface area contributed by atoms with Crippen molar-refractivity contribution in [3.63, 3.8) is 0 Å². The number of aliphatic hydroxyl groups is 1. The van der Waals surface area contributed by atoms with Crippen molar-refractivity contribution in [2.75, 3.05) is 13.2 Å². The molecule has 0 radical (unpaired) electrons. The Balaban J connectivity index is 2.45. The lowest BCUT2D eigenvalue weighted by Gasteiger charge is -2.25. The molecule has 0 bridgehead atoms. The molecule has 1 rings (SSSR count). The van der Waals surface area contributed by atoms with E-state index in [0.717, 1.165) is 0 Å². The zero-order chi connectivity index (χ0) is 15.2. The summed E-state index contributed by atoms with van der Waals surface area (Å²) in [6.45, 7) is 6.30. The third-order valence-corrected chi connectivity index (χ3v) is 3.28. The molecule has 112 valence electrons. The minimum absolute atomic E-state index is 0.111. The Morgan fingerprint density at radius 1 is 1.40 bits per heavy atom. The van der Waals surface area contributed by atoms with Crippen LogP contribution in [-0.4, -0.2) is 30.3 Å². The molecule has 1 unspecified atom stereocenters. The van der Waals surface area contributed by atoms with Gasteiger partial charge < -0.3 is 15.2 Å². The number of aliphatic hydroxyl groups excluding tert-OH is 1. The lowest BCUT2D eigenvalue weighted by atomic mass is 9.90. The number of amides is 1. The summed E-state index contributed by atoms with van der Waals surface area (Å²) in [4.78, 5) is 11.9. The first-order valence-electron chi connectivity index (χ1n) is 6.65. The Hall–Kier alpha value is -1.26. The Morgan fingerprint density at radius 2 is 2.00 bits per heavy atom. The molecule has 20 heavy (non-hydrogen) atoms. The van der Waals surface area contributed by atoms with E-state index in [4.69, 9.17) is 21.4 Å². The second-order valence-corrected chi connectivity index (χ2v) is 6.01. The monoisotopic (exact) mass is 299 g/mol. The summed E-state index contributed by atoms with van der Waals surface area (Å²) in [5.74, 6) is 0.428. The van der Waals surface area contributed by atoms with Gasteiger partial charge in [-0.15, -0.1) is 0 Å². The van der Waals surface area contributed by atoms with Gasteiger partial charge in [-0.2, -0.15) is 0 Å². The largest absolute Gasteiger partial charge is 0.481 e. The van der Waals surface area contributed by atoms with Crippen molar-refractivity contribution in [3.8, 4) is 5.75 Å². The molecule has 0 saturated heterocycles. The van der Waals surface area contributed by atoms with Gasteiger partial charge in [-0.3, -0.25) is 4.79 Å². The molecule has 5 heteroatoms. The fraction of sp³-hybridized carbons (Fsp3) is 0.533. The van der Waals surface area contributed by atoms with Gasteiger partial charge in [-0.05, 0) is 43.0 Å². The molecule has 0 aliphatic rings. The minimum atomic E-state index is -0.582. The van der Waals surface area contributed by atoms with Gasteiger partial charge in [-0.1, -0.05) is 25.4 Å². The first-order valence-corrected chi connectivity index (χ1v) is 7.03. The van der Waals surface area contributed by atoms with Gasteiger partial charge in [0.2, 0.25) is 0 Å². The Bertz CT molecular complexity index is 431. The lowest BCUT2D eigenvalue weighted by Crippen LogP contribution is -2.41. The van der Waals surface area contributed by atoms with Crippen LogP contribution in [0.4, 0.5) is 0 Å². The maximum atomic E-state index is 11.9. The van der Waals surface area contributed by atoms with Crippen LogP contribution in [0.25, 0.3) is 0 Å². The molecule has 0 heterocycles. The standard InChI is InChI=1S/C15H22ClNO3/c1-11(20-13-6-4-12(16)5-7-13)14(19)17-10-15(2,3)8-9-18/h4-7,11,18H,8-10H2,1-3H3,(H,17,19). The molecule has 1 aromatic rings. The maximum Gasteiger partial charge on any atom is 0.260 e. The molecule has 0 aliphatic heterocycles. The average molecular weight is 300 g/mol. The molecule has 0 aromatic heterocycles. The molecule has 0 spiro atoms. The van der Waals surface area contributed by atoms with Crippen molar-refractivity contribution in [2.45, 2.75) is 33.3 Å². The highest BCUT2D eigenvalue weighted by Gasteiger charge is 2.21. The van der Waals surface area contributed by atoms with Crippen LogP contribution in [0.5, 0.6) is 5.75 Å². The van der Waals surface area contributed by atoms with Crippen LogP contribution >= 0.6 is 11.6 Å². The summed E-state index contributed by atoms with van der Waals surface area (Å²) >= 11 is 5.79. The van der Waals surface area contributed by atoms with Crippen LogP contribution in [0.3, 0.4) is 0 Å². The number of carbonyl (C=O) groups is 1. The SMILES string of the molecule is CC(Oc1ccc(Cl)cc1)C(=O)NCC(C)(C)CCO. The van der Waals surface area contributed by atoms with E-state index in [1.165, 1.54) is 0 Å². The van der Waals surface area contributed by atoms with E-state index in [0.29, 0.717) is 23.7 Å². The number of ether oxygens (including phenoxy) is 1. The van der Waals surface area contributed by atoms with E-state index >= 15 is 0 Å². The summed E-state index contributed by atoms with van der Waals surface area (Å²) in [5, 5.41) is 12.4. The van der Waals surface area contributed by atoms with Gasteiger partial charge in [0.15, 0.2) is 6.10 Å². The highest BCUT2D eigenvalue weighted by molar-refractivity contribution is 6.30. The Kier molecular flexibility index (Phi) is 6.30. The third kappa shape index (κ3) is 5.80.